The van der Waals surface area contributed by atoms with Gasteiger partial charge in [-0.2, -0.15) is 0 Å². The lowest BCUT2D eigenvalue weighted by Crippen LogP contribution is -2.10. The Balaban J connectivity index is 2.95. The summed E-state index contributed by atoms with van der Waals surface area (Å²) in [6.45, 7) is 2.96. The number of methoxy groups -OCH3 is 1. The molecule has 0 aromatic carbocycles. The fraction of sp³-hybridized carbons (Fsp3) is 0.909. The minimum atomic E-state index is -0.295. The number of carbonyl (C=O) groups is 1. The van der Waals surface area contributed by atoms with E-state index in [1.54, 1.807) is 0 Å². The third-order valence-electron chi connectivity index (χ3n) is 2.09. The van der Waals surface area contributed by atoms with Crippen LogP contribution >= 0.6 is 0 Å². The first-order valence-electron chi connectivity index (χ1n) is 5.45. The van der Waals surface area contributed by atoms with Gasteiger partial charge in [0.1, 0.15) is 6.61 Å². The Labute approximate surface area is 86.8 Å². The van der Waals surface area contributed by atoms with E-state index in [9.17, 15) is 4.79 Å². The van der Waals surface area contributed by atoms with E-state index in [0.29, 0.717) is 6.61 Å². The van der Waals surface area contributed by atoms with Crippen LogP contribution < -0.4 is 0 Å². The summed E-state index contributed by atoms with van der Waals surface area (Å²) in [5.41, 5.74) is 0. The third-order valence-corrected chi connectivity index (χ3v) is 2.09. The largest absolute Gasteiger partial charge is 0.467 e. The highest BCUT2D eigenvalue weighted by Gasteiger charge is 1.98. The molecule has 0 fully saturated rings. The summed E-state index contributed by atoms with van der Waals surface area (Å²) in [6.07, 6.45) is 7.42. The van der Waals surface area contributed by atoms with Crippen molar-refractivity contribution in [1.82, 2.24) is 0 Å². The van der Waals surface area contributed by atoms with Gasteiger partial charge >= 0.3 is 5.97 Å². The minimum absolute atomic E-state index is 0.0888. The van der Waals surface area contributed by atoms with Crippen molar-refractivity contribution in [3.05, 3.63) is 0 Å². The van der Waals surface area contributed by atoms with Gasteiger partial charge in [0.2, 0.25) is 0 Å². The zero-order valence-electron chi connectivity index (χ0n) is 9.38. The quantitative estimate of drug-likeness (QED) is 0.426. The van der Waals surface area contributed by atoms with Crippen molar-refractivity contribution >= 4 is 5.97 Å². The molecule has 0 aliphatic carbocycles. The molecule has 0 unspecified atom stereocenters. The van der Waals surface area contributed by atoms with E-state index in [0.717, 1.165) is 6.42 Å². The molecule has 0 aromatic heterocycles. The van der Waals surface area contributed by atoms with Gasteiger partial charge in [-0.25, -0.2) is 4.79 Å². The van der Waals surface area contributed by atoms with Crippen LogP contribution in [0.1, 0.15) is 45.4 Å². The molecule has 0 amide bonds. The lowest BCUT2D eigenvalue weighted by molar-refractivity contribution is -0.145. The zero-order valence-corrected chi connectivity index (χ0v) is 9.38. The molecule has 0 atom stereocenters. The molecule has 84 valence electrons. The Kier molecular flexibility index (Phi) is 10.1. The molecule has 0 saturated heterocycles. The number of carbonyl (C=O) groups excluding carboxylic acids is 1. The second kappa shape index (κ2) is 10.5. The Morgan fingerprint density at radius 3 is 2.36 bits per heavy atom. The van der Waals surface area contributed by atoms with E-state index in [4.69, 9.17) is 4.74 Å². The van der Waals surface area contributed by atoms with Crippen LogP contribution in [-0.4, -0.2) is 26.3 Å². The fourth-order valence-electron chi connectivity index (χ4n) is 1.20. The summed E-state index contributed by atoms with van der Waals surface area (Å²) >= 11 is 0. The topological polar surface area (TPSA) is 35.5 Å². The van der Waals surface area contributed by atoms with Gasteiger partial charge < -0.3 is 9.47 Å². The third kappa shape index (κ3) is 9.52. The molecule has 0 spiro atoms. The number of esters is 1. The molecular weight excluding hydrogens is 180 g/mol. The van der Waals surface area contributed by atoms with Crippen LogP contribution in [0.3, 0.4) is 0 Å². The molecule has 0 N–H and O–H groups in total. The molecule has 0 aliphatic rings. The molecule has 14 heavy (non-hydrogen) atoms. The fourth-order valence-corrected chi connectivity index (χ4v) is 1.20. The SMILES string of the molecule is CCCCCCCCOCC(=O)OC. The minimum Gasteiger partial charge on any atom is -0.467 e. The first-order valence-corrected chi connectivity index (χ1v) is 5.45. The number of hydrogen-bond donors (Lipinski definition) is 0. The van der Waals surface area contributed by atoms with Crippen LogP contribution in [0.5, 0.6) is 0 Å². The second-order valence-electron chi connectivity index (χ2n) is 3.40. The summed E-state index contributed by atoms with van der Waals surface area (Å²) in [5, 5.41) is 0. The van der Waals surface area contributed by atoms with Crippen molar-refractivity contribution in [2.45, 2.75) is 45.4 Å². The molecule has 0 heterocycles. The van der Waals surface area contributed by atoms with Crippen molar-refractivity contribution in [2.24, 2.45) is 0 Å². The van der Waals surface area contributed by atoms with E-state index in [1.807, 2.05) is 0 Å². The number of unbranched alkanes of at least 4 members (excludes halogenated alkanes) is 5. The van der Waals surface area contributed by atoms with Gasteiger partial charge in [0.15, 0.2) is 0 Å². The molecule has 0 radical (unpaired) electrons. The van der Waals surface area contributed by atoms with E-state index >= 15 is 0 Å². The van der Waals surface area contributed by atoms with Crippen molar-refractivity contribution in [3.8, 4) is 0 Å². The summed E-state index contributed by atoms with van der Waals surface area (Å²) < 4.78 is 9.56. The average Bonchev–Trinajstić information content (AvgIpc) is 2.21. The lowest BCUT2D eigenvalue weighted by Gasteiger charge is -2.02. The second-order valence-corrected chi connectivity index (χ2v) is 3.40. The van der Waals surface area contributed by atoms with Crippen LogP contribution in [0.15, 0.2) is 0 Å². The summed E-state index contributed by atoms with van der Waals surface area (Å²) in [7, 11) is 1.37. The van der Waals surface area contributed by atoms with Gasteiger partial charge in [-0.3, -0.25) is 0 Å². The number of ether oxygens (including phenoxy) is 2. The van der Waals surface area contributed by atoms with Gasteiger partial charge in [-0.1, -0.05) is 39.0 Å². The van der Waals surface area contributed by atoms with Gasteiger partial charge in [-0.05, 0) is 6.42 Å². The highest BCUT2D eigenvalue weighted by Crippen LogP contribution is 2.04. The normalized spacial score (nSPS) is 10.1. The number of hydrogen-bond acceptors (Lipinski definition) is 3. The van der Waals surface area contributed by atoms with Crippen LogP contribution in [-0.2, 0) is 14.3 Å². The molecule has 0 aromatic rings. The lowest BCUT2D eigenvalue weighted by atomic mass is 10.1. The van der Waals surface area contributed by atoms with E-state index in [1.165, 1.54) is 39.2 Å². The predicted octanol–water partition coefficient (Wildman–Crippen LogP) is 2.54. The van der Waals surface area contributed by atoms with Crippen molar-refractivity contribution < 1.29 is 14.3 Å². The molecule has 0 aliphatic heterocycles. The highest BCUT2D eigenvalue weighted by atomic mass is 16.6. The maximum absolute atomic E-state index is 10.6. The molecule has 0 bridgehead atoms. The highest BCUT2D eigenvalue weighted by molar-refractivity contribution is 5.70. The van der Waals surface area contributed by atoms with Crippen LogP contribution in [0.4, 0.5) is 0 Å². The summed E-state index contributed by atoms with van der Waals surface area (Å²) in [4.78, 5) is 10.6. The van der Waals surface area contributed by atoms with E-state index < -0.39 is 0 Å². The monoisotopic (exact) mass is 202 g/mol. The van der Waals surface area contributed by atoms with Crippen LogP contribution in [0.25, 0.3) is 0 Å². The smallest absolute Gasteiger partial charge is 0.331 e. The molecule has 3 nitrogen and oxygen atoms in total. The first-order chi connectivity index (χ1) is 6.81. The first kappa shape index (κ1) is 13.4. The number of rotatable bonds is 9. The van der Waals surface area contributed by atoms with Crippen molar-refractivity contribution in [2.75, 3.05) is 20.3 Å². The zero-order chi connectivity index (χ0) is 10.6. The molecule has 0 saturated carbocycles. The maximum Gasteiger partial charge on any atom is 0.331 e. The van der Waals surface area contributed by atoms with Crippen molar-refractivity contribution in [1.29, 1.82) is 0 Å². The Morgan fingerprint density at radius 2 is 1.71 bits per heavy atom. The van der Waals surface area contributed by atoms with Crippen molar-refractivity contribution in [3.63, 3.8) is 0 Å². The summed E-state index contributed by atoms with van der Waals surface area (Å²) in [6, 6.07) is 0. The average molecular weight is 202 g/mol. The van der Waals surface area contributed by atoms with Crippen LogP contribution in [0, 0.1) is 0 Å². The predicted molar refractivity (Wildman–Crippen MR) is 56.2 cm³/mol. The van der Waals surface area contributed by atoms with Gasteiger partial charge in [0.05, 0.1) is 7.11 Å². The van der Waals surface area contributed by atoms with Crippen LogP contribution in [0.2, 0.25) is 0 Å². The Morgan fingerprint density at radius 1 is 1.07 bits per heavy atom. The van der Waals surface area contributed by atoms with E-state index in [-0.39, 0.29) is 12.6 Å². The molecule has 3 heteroatoms. The van der Waals surface area contributed by atoms with Gasteiger partial charge in [-0.15, -0.1) is 0 Å². The Hall–Kier alpha value is -0.570. The maximum atomic E-state index is 10.6. The Bertz CT molecular complexity index is 134. The molecular formula is C11H22O3. The van der Waals surface area contributed by atoms with Gasteiger partial charge in [0.25, 0.3) is 0 Å². The summed E-state index contributed by atoms with van der Waals surface area (Å²) in [5.74, 6) is -0.295. The van der Waals surface area contributed by atoms with E-state index in [2.05, 4.69) is 11.7 Å². The standard InChI is InChI=1S/C11H22O3/c1-3-4-5-6-7-8-9-14-10-11(12)13-2/h3-10H2,1-2H3. The molecule has 0 rings (SSSR count). The van der Waals surface area contributed by atoms with Gasteiger partial charge in [0, 0.05) is 6.61 Å².